The van der Waals surface area contributed by atoms with Crippen LogP contribution in [0.3, 0.4) is 0 Å². The first-order valence-electron chi connectivity index (χ1n) is 11.3. The number of nitrogens with zero attached hydrogens (tertiary/aromatic N) is 3. The highest BCUT2D eigenvalue weighted by molar-refractivity contribution is 7.10. The highest BCUT2D eigenvalue weighted by atomic mass is 32.1. The monoisotopic (exact) mass is 463 g/mol. The summed E-state index contributed by atoms with van der Waals surface area (Å²) in [5.74, 6) is -0.517. The van der Waals surface area contributed by atoms with Crippen LogP contribution in [0.25, 0.3) is 0 Å². The van der Waals surface area contributed by atoms with Gasteiger partial charge in [-0.05, 0) is 47.2 Å². The van der Waals surface area contributed by atoms with Crippen LogP contribution in [0.4, 0.5) is 4.39 Å². The number of carbonyl (C=O) groups excluding carboxylic acids is 2. The summed E-state index contributed by atoms with van der Waals surface area (Å²) in [6.45, 7) is 3.10. The van der Waals surface area contributed by atoms with Crippen LogP contribution >= 0.6 is 11.3 Å². The van der Waals surface area contributed by atoms with E-state index in [-0.39, 0.29) is 17.9 Å². The number of fused-ring (bicyclic) bond motifs is 1. The molecule has 1 fully saturated rings. The van der Waals surface area contributed by atoms with Gasteiger partial charge in [0.25, 0.3) is 5.91 Å². The van der Waals surface area contributed by atoms with E-state index in [1.807, 2.05) is 23.1 Å². The topological polar surface area (TPSA) is 43.9 Å². The molecule has 0 bridgehead atoms. The molecule has 0 spiro atoms. The van der Waals surface area contributed by atoms with Gasteiger partial charge in [0, 0.05) is 43.2 Å². The van der Waals surface area contributed by atoms with E-state index in [0.29, 0.717) is 38.3 Å². The lowest BCUT2D eigenvalue weighted by molar-refractivity contribution is -0.134. The van der Waals surface area contributed by atoms with Gasteiger partial charge in [0.15, 0.2) is 0 Å². The van der Waals surface area contributed by atoms with Gasteiger partial charge >= 0.3 is 0 Å². The zero-order chi connectivity index (χ0) is 22.8. The third kappa shape index (κ3) is 4.56. The number of amides is 2. The van der Waals surface area contributed by atoms with Gasteiger partial charge < -0.3 is 9.80 Å². The van der Waals surface area contributed by atoms with Crippen LogP contribution in [0.15, 0.2) is 66.0 Å². The number of rotatable bonds is 4. The van der Waals surface area contributed by atoms with Crippen molar-refractivity contribution in [2.45, 2.75) is 12.5 Å². The van der Waals surface area contributed by atoms with Crippen LogP contribution in [-0.2, 0) is 11.2 Å². The van der Waals surface area contributed by atoms with Gasteiger partial charge in [0.2, 0.25) is 5.91 Å². The molecule has 0 aliphatic carbocycles. The first-order chi connectivity index (χ1) is 16.1. The van der Waals surface area contributed by atoms with Crippen molar-refractivity contribution in [2.75, 3.05) is 39.3 Å². The average molecular weight is 464 g/mol. The van der Waals surface area contributed by atoms with Crippen LogP contribution in [0, 0.1) is 5.82 Å². The van der Waals surface area contributed by atoms with E-state index < -0.39 is 5.82 Å². The fourth-order valence-corrected chi connectivity index (χ4v) is 5.70. The maximum absolute atomic E-state index is 13.5. The van der Waals surface area contributed by atoms with E-state index in [2.05, 4.69) is 28.5 Å². The first kappa shape index (κ1) is 21.8. The molecule has 5 nitrogen and oxygen atoms in total. The summed E-state index contributed by atoms with van der Waals surface area (Å²) in [5, 5.41) is 2.14. The first-order valence-corrected chi connectivity index (χ1v) is 12.2. The van der Waals surface area contributed by atoms with E-state index in [1.54, 1.807) is 28.4 Å². The molecular weight excluding hydrogens is 437 g/mol. The summed E-state index contributed by atoms with van der Waals surface area (Å²) >= 11 is 1.79. The molecule has 5 rings (SSSR count). The Balaban J connectivity index is 1.24. The molecular formula is C26H26FN3O2S. The quantitative estimate of drug-likeness (QED) is 0.591. The van der Waals surface area contributed by atoms with E-state index in [9.17, 15) is 14.0 Å². The minimum Gasteiger partial charge on any atom is -0.338 e. The second-order valence-corrected chi connectivity index (χ2v) is 9.52. The van der Waals surface area contributed by atoms with Crippen LogP contribution in [-0.4, -0.2) is 65.8 Å². The zero-order valence-electron chi connectivity index (χ0n) is 18.3. The fourth-order valence-electron chi connectivity index (χ4n) is 4.80. The summed E-state index contributed by atoms with van der Waals surface area (Å²) in [7, 11) is 0. The standard InChI is InChI=1S/C26H26FN3O2S/c27-21-8-4-7-20(17-21)26(32)29-14-12-28(13-15-29)24(31)18-30-11-9-23-22(10-16-33-23)25(30)19-5-2-1-3-6-19/h1-8,10,16-17,25H,9,11-15,18H2. The second-order valence-electron chi connectivity index (χ2n) is 8.52. The largest absolute Gasteiger partial charge is 0.338 e. The molecule has 0 radical (unpaired) electrons. The zero-order valence-corrected chi connectivity index (χ0v) is 19.1. The Kier molecular flexibility index (Phi) is 6.24. The summed E-state index contributed by atoms with van der Waals surface area (Å²) in [6, 6.07) is 18.4. The molecule has 2 aliphatic heterocycles. The molecule has 2 aromatic carbocycles. The Morgan fingerprint density at radius 2 is 1.67 bits per heavy atom. The van der Waals surface area contributed by atoms with Crippen molar-refractivity contribution in [2.24, 2.45) is 0 Å². The molecule has 2 amide bonds. The molecule has 1 aromatic heterocycles. The van der Waals surface area contributed by atoms with E-state index in [0.717, 1.165) is 13.0 Å². The minimum atomic E-state index is -0.419. The van der Waals surface area contributed by atoms with Crippen molar-refractivity contribution in [1.82, 2.24) is 14.7 Å². The molecule has 7 heteroatoms. The number of benzene rings is 2. The number of carbonyl (C=O) groups is 2. The number of hydrogen-bond donors (Lipinski definition) is 0. The SMILES string of the molecule is O=C(CN1CCc2sccc2C1c1ccccc1)N1CCN(C(=O)c2cccc(F)c2)CC1. The van der Waals surface area contributed by atoms with Crippen molar-refractivity contribution in [3.63, 3.8) is 0 Å². The molecule has 0 N–H and O–H groups in total. The van der Waals surface area contributed by atoms with Gasteiger partial charge in [-0.15, -0.1) is 11.3 Å². The van der Waals surface area contributed by atoms with Crippen LogP contribution < -0.4 is 0 Å². The Hall–Kier alpha value is -3.03. The molecule has 3 aromatic rings. The third-order valence-corrected chi connectivity index (χ3v) is 7.51. The Bertz CT molecular complexity index is 1140. The van der Waals surface area contributed by atoms with Gasteiger partial charge in [-0.1, -0.05) is 36.4 Å². The molecule has 2 aliphatic rings. The Morgan fingerprint density at radius 1 is 0.909 bits per heavy atom. The maximum atomic E-state index is 13.5. The number of piperazine rings is 1. The Morgan fingerprint density at radius 3 is 2.42 bits per heavy atom. The summed E-state index contributed by atoms with van der Waals surface area (Å²) < 4.78 is 13.5. The number of thiophene rings is 1. The van der Waals surface area contributed by atoms with Crippen molar-refractivity contribution in [3.05, 3.63) is 93.4 Å². The number of hydrogen-bond acceptors (Lipinski definition) is 4. The molecule has 1 unspecified atom stereocenters. The lowest BCUT2D eigenvalue weighted by Gasteiger charge is -2.39. The lowest BCUT2D eigenvalue weighted by Crippen LogP contribution is -2.53. The van der Waals surface area contributed by atoms with Gasteiger partial charge in [-0.25, -0.2) is 4.39 Å². The summed E-state index contributed by atoms with van der Waals surface area (Å²) in [4.78, 5) is 33.1. The van der Waals surface area contributed by atoms with E-state index >= 15 is 0 Å². The minimum absolute atomic E-state index is 0.0843. The lowest BCUT2D eigenvalue weighted by atomic mass is 9.93. The second kappa shape index (κ2) is 9.45. The van der Waals surface area contributed by atoms with E-state index in [1.165, 1.54) is 28.1 Å². The van der Waals surface area contributed by atoms with Crippen molar-refractivity contribution < 1.29 is 14.0 Å². The van der Waals surface area contributed by atoms with Gasteiger partial charge in [-0.2, -0.15) is 0 Å². The third-order valence-electron chi connectivity index (χ3n) is 6.51. The summed E-state index contributed by atoms with van der Waals surface area (Å²) in [6.07, 6.45) is 0.958. The molecule has 0 saturated carbocycles. The number of halogens is 1. The molecule has 170 valence electrons. The molecule has 1 atom stereocenters. The highest BCUT2D eigenvalue weighted by Gasteiger charge is 2.33. The van der Waals surface area contributed by atoms with Gasteiger partial charge in [0.05, 0.1) is 12.6 Å². The molecule has 3 heterocycles. The van der Waals surface area contributed by atoms with Crippen LogP contribution in [0.2, 0.25) is 0 Å². The van der Waals surface area contributed by atoms with Gasteiger partial charge in [0.1, 0.15) is 5.82 Å². The highest BCUT2D eigenvalue weighted by Crippen LogP contribution is 2.37. The predicted molar refractivity (Wildman–Crippen MR) is 127 cm³/mol. The maximum Gasteiger partial charge on any atom is 0.254 e. The van der Waals surface area contributed by atoms with Crippen molar-refractivity contribution in [3.8, 4) is 0 Å². The summed E-state index contributed by atoms with van der Waals surface area (Å²) in [5.41, 5.74) is 2.85. The van der Waals surface area contributed by atoms with Crippen LogP contribution in [0.1, 0.15) is 32.4 Å². The Labute approximate surface area is 197 Å². The smallest absolute Gasteiger partial charge is 0.254 e. The average Bonchev–Trinajstić information content (AvgIpc) is 3.33. The van der Waals surface area contributed by atoms with Crippen LogP contribution in [0.5, 0.6) is 0 Å². The van der Waals surface area contributed by atoms with Crippen molar-refractivity contribution >= 4 is 23.2 Å². The normalized spacial score (nSPS) is 18.8. The van der Waals surface area contributed by atoms with E-state index in [4.69, 9.17) is 0 Å². The van der Waals surface area contributed by atoms with Crippen molar-refractivity contribution in [1.29, 1.82) is 0 Å². The molecule has 33 heavy (non-hydrogen) atoms. The van der Waals surface area contributed by atoms with Gasteiger partial charge in [-0.3, -0.25) is 14.5 Å². The fraction of sp³-hybridized carbons (Fsp3) is 0.308. The molecule has 1 saturated heterocycles. The predicted octanol–water partition coefficient (Wildman–Crippen LogP) is 3.82.